The summed E-state index contributed by atoms with van der Waals surface area (Å²) in [4.78, 5) is -0.0939. The molecule has 40 heavy (non-hydrogen) atoms. The lowest BCUT2D eigenvalue weighted by Crippen LogP contribution is -2.59. The summed E-state index contributed by atoms with van der Waals surface area (Å²) < 4.78 is 32.9. The molecule has 0 amide bonds. The van der Waals surface area contributed by atoms with Gasteiger partial charge in [0.05, 0.1) is 17.7 Å². The van der Waals surface area contributed by atoms with Crippen LogP contribution in [-0.4, -0.2) is 37.8 Å². The molecule has 1 aromatic rings. The molecule has 6 nitrogen and oxygen atoms in total. The van der Waals surface area contributed by atoms with Crippen LogP contribution in [-0.2, 0) is 14.8 Å². The fourth-order valence-electron chi connectivity index (χ4n) is 9.82. The van der Waals surface area contributed by atoms with E-state index in [2.05, 4.69) is 44.6 Å². The number of aliphatic hydroxyl groups is 2. The molecule has 4 aliphatic rings. The van der Waals surface area contributed by atoms with Crippen LogP contribution in [0.5, 0.6) is 0 Å². The highest BCUT2D eigenvalue weighted by Gasteiger charge is 2.62. The third kappa shape index (κ3) is 5.22. The number of aliphatic hydroxyl groups excluding tert-OH is 2. The molecule has 224 valence electrons. The third-order valence-electron chi connectivity index (χ3n) is 11.8. The fourth-order valence-corrected chi connectivity index (χ4v) is 11.3. The number of halogens is 1. The molecule has 5 rings (SSSR count). The number of hydrogen-bond acceptors (Lipinski definition) is 5. The maximum Gasteiger partial charge on any atom is 0.246 e. The molecule has 4 aliphatic carbocycles. The standard InChI is InChI=1S/C32H48ClNO5S/c1-5-21-23-10-8-9-17-31(23,3)25-15-18-32(4)22(13-14-24(32)28(25)29(21)35)20(2)16-19-39-30(36)34-40(37,38)27-12-7-6-11-26(27)33/h6-7,11-12,15,18,20-25,28-30,34-36H,5,8-10,13-14,16-17,19H2,1-4H3/t20-,21-,22-,23?,24+,25+,28?,29-,30?,31+,32-/m1/s1. The zero-order chi connectivity index (χ0) is 28.9. The number of sulfonamides is 1. The first-order valence-electron chi connectivity index (χ1n) is 15.4. The number of fused-ring (bicyclic) bond motifs is 5. The molecule has 0 bridgehead atoms. The van der Waals surface area contributed by atoms with Crippen LogP contribution in [0.4, 0.5) is 0 Å². The van der Waals surface area contributed by atoms with Gasteiger partial charge < -0.3 is 14.9 Å². The Kier molecular flexibility index (Phi) is 8.85. The quantitative estimate of drug-likeness (QED) is 0.228. The third-order valence-corrected chi connectivity index (χ3v) is 13.6. The van der Waals surface area contributed by atoms with Crippen LogP contribution in [0, 0.1) is 52.3 Å². The second-order valence-electron chi connectivity index (χ2n) is 13.6. The van der Waals surface area contributed by atoms with Gasteiger partial charge in [-0.1, -0.05) is 82.8 Å². The molecular formula is C32H48ClNO5S. The van der Waals surface area contributed by atoms with Crippen molar-refractivity contribution in [2.75, 3.05) is 6.61 Å². The number of hydrogen-bond donors (Lipinski definition) is 3. The molecule has 0 heterocycles. The first-order valence-corrected chi connectivity index (χ1v) is 17.2. The molecular weight excluding hydrogens is 546 g/mol. The van der Waals surface area contributed by atoms with Crippen LogP contribution in [0.1, 0.15) is 79.1 Å². The van der Waals surface area contributed by atoms with E-state index in [9.17, 15) is 18.6 Å². The van der Waals surface area contributed by atoms with Gasteiger partial charge in [0.15, 0.2) is 0 Å². The predicted octanol–water partition coefficient (Wildman–Crippen LogP) is 6.37. The molecule has 0 aromatic heterocycles. The molecule has 8 heteroatoms. The Bertz CT molecular complexity index is 1190. The molecule has 0 radical (unpaired) electrons. The van der Waals surface area contributed by atoms with Crippen molar-refractivity contribution in [2.24, 2.45) is 52.3 Å². The van der Waals surface area contributed by atoms with Gasteiger partial charge in [-0.25, -0.2) is 8.42 Å². The number of allylic oxidation sites excluding steroid dienone is 2. The van der Waals surface area contributed by atoms with Gasteiger partial charge in [-0.2, -0.15) is 4.72 Å². The van der Waals surface area contributed by atoms with E-state index in [0.29, 0.717) is 47.8 Å². The second kappa shape index (κ2) is 11.6. The van der Waals surface area contributed by atoms with E-state index < -0.39 is 16.4 Å². The number of ether oxygens (including phenoxy) is 1. The van der Waals surface area contributed by atoms with Crippen molar-refractivity contribution < 1.29 is 23.4 Å². The molecule has 3 fully saturated rings. The van der Waals surface area contributed by atoms with Crippen molar-refractivity contribution in [1.29, 1.82) is 0 Å². The first kappa shape index (κ1) is 30.5. The van der Waals surface area contributed by atoms with Crippen LogP contribution in [0.3, 0.4) is 0 Å². The minimum absolute atomic E-state index is 0.0159. The van der Waals surface area contributed by atoms with E-state index in [0.717, 1.165) is 19.3 Å². The van der Waals surface area contributed by atoms with Crippen molar-refractivity contribution in [1.82, 2.24) is 4.72 Å². The predicted molar refractivity (Wildman–Crippen MR) is 158 cm³/mol. The van der Waals surface area contributed by atoms with Gasteiger partial charge in [-0.3, -0.25) is 0 Å². The van der Waals surface area contributed by atoms with Crippen molar-refractivity contribution in [3.05, 3.63) is 41.4 Å². The average molecular weight is 594 g/mol. The van der Waals surface area contributed by atoms with Crippen molar-refractivity contribution in [3.8, 4) is 0 Å². The summed E-state index contributed by atoms with van der Waals surface area (Å²) in [5.41, 5.74) is 0.299. The van der Waals surface area contributed by atoms with Crippen molar-refractivity contribution >= 4 is 21.6 Å². The number of nitrogens with one attached hydrogen (secondary N) is 1. The lowest BCUT2D eigenvalue weighted by atomic mass is 9.43. The Morgan fingerprint density at radius 1 is 1.15 bits per heavy atom. The summed E-state index contributed by atoms with van der Waals surface area (Å²) in [6.45, 7) is 9.67. The van der Waals surface area contributed by atoms with E-state index >= 15 is 0 Å². The van der Waals surface area contributed by atoms with E-state index in [-0.39, 0.29) is 33.5 Å². The number of rotatable bonds is 9. The van der Waals surface area contributed by atoms with Gasteiger partial charge in [-0.15, -0.1) is 0 Å². The molecule has 3 N–H and O–H groups in total. The van der Waals surface area contributed by atoms with Crippen LogP contribution >= 0.6 is 11.6 Å². The molecule has 1 aromatic carbocycles. The molecule has 11 atom stereocenters. The zero-order valence-electron chi connectivity index (χ0n) is 24.4. The summed E-state index contributed by atoms with van der Waals surface area (Å²) in [6, 6.07) is 6.11. The van der Waals surface area contributed by atoms with Gasteiger partial charge in [0.2, 0.25) is 16.4 Å². The van der Waals surface area contributed by atoms with Crippen molar-refractivity contribution in [3.63, 3.8) is 0 Å². The Morgan fingerprint density at radius 2 is 1.90 bits per heavy atom. The molecule has 0 aliphatic heterocycles. The van der Waals surface area contributed by atoms with Crippen molar-refractivity contribution in [2.45, 2.75) is 96.5 Å². The normalized spacial score (nSPS) is 40.6. The highest BCUT2D eigenvalue weighted by Crippen LogP contribution is 2.67. The van der Waals surface area contributed by atoms with Gasteiger partial charge in [0.1, 0.15) is 4.90 Å². The Hall–Kier alpha value is -0.960. The minimum Gasteiger partial charge on any atom is -0.393 e. The average Bonchev–Trinajstić information content (AvgIpc) is 3.26. The van der Waals surface area contributed by atoms with Crippen LogP contribution in [0.15, 0.2) is 41.3 Å². The summed E-state index contributed by atoms with van der Waals surface area (Å²) >= 11 is 6.03. The van der Waals surface area contributed by atoms with Gasteiger partial charge in [0.25, 0.3) is 0 Å². The van der Waals surface area contributed by atoms with E-state index in [1.54, 1.807) is 12.1 Å². The number of benzene rings is 1. The zero-order valence-corrected chi connectivity index (χ0v) is 26.0. The Balaban J connectivity index is 1.24. The molecule has 0 spiro atoms. The second-order valence-corrected chi connectivity index (χ2v) is 15.7. The lowest BCUT2D eigenvalue weighted by molar-refractivity contribution is -0.159. The van der Waals surface area contributed by atoms with Crippen LogP contribution in [0.2, 0.25) is 5.02 Å². The van der Waals surface area contributed by atoms with Gasteiger partial charge in [-0.05, 0) is 96.5 Å². The van der Waals surface area contributed by atoms with Gasteiger partial charge in [0, 0.05) is 0 Å². The van der Waals surface area contributed by atoms with Gasteiger partial charge >= 0.3 is 0 Å². The lowest BCUT2D eigenvalue weighted by Gasteiger charge is -2.62. The van der Waals surface area contributed by atoms with Crippen LogP contribution < -0.4 is 4.72 Å². The summed E-state index contributed by atoms with van der Waals surface area (Å²) in [6.07, 6.45) is 12.3. The van der Waals surface area contributed by atoms with Crippen LogP contribution in [0.25, 0.3) is 0 Å². The minimum atomic E-state index is -4.01. The molecule has 3 saturated carbocycles. The maximum absolute atomic E-state index is 12.6. The molecule has 3 unspecified atom stereocenters. The summed E-state index contributed by atoms with van der Waals surface area (Å²) in [7, 11) is -4.01. The first-order chi connectivity index (χ1) is 18.9. The highest BCUT2D eigenvalue weighted by atomic mass is 35.5. The Morgan fingerprint density at radius 3 is 2.62 bits per heavy atom. The van der Waals surface area contributed by atoms with E-state index in [1.807, 2.05) is 0 Å². The topological polar surface area (TPSA) is 95.9 Å². The SMILES string of the molecule is CC[C@@H]1C2CCCC[C@]2(C)[C@H]2C=C[C@]3(C)[C@@H]([C@H](C)CCOC(O)NS(=O)(=O)c4ccccc4Cl)CC[C@H]3C2[C@@H]1O. The van der Waals surface area contributed by atoms with E-state index in [4.69, 9.17) is 16.3 Å². The highest BCUT2D eigenvalue weighted by molar-refractivity contribution is 7.89. The summed E-state index contributed by atoms with van der Waals surface area (Å²) in [5.74, 6) is 3.01. The fraction of sp³-hybridized carbons (Fsp3) is 0.750. The monoisotopic (exact) mass is 593 g/mol. The summed E-state index contributed by atoms with van der Waals surface area (Å²) in [5, 5.41) is 22.2. The smallest absolute Gasteiger partial charge is 0.246 e. The largest absolute Gasteiger partial charge is 0.393 e. The Labute approximate surface area is 246 Å². The maximum atomic E-state index is 12.6. The molecule has 0 saturated heterocycles. The van der Waals surface area contributed by atoms with E-state index in [1.165, 1.54) is 37.8 Å².